The molecule has 2 aromatic rings. The highest BCUT2D eigenvalue weighted by Crippen LogP contribution is 2.28. The molecule has 1 aromatic carbocycles. The molecule has 1 unspecified atom stereocenters. The first kappa shape index (κ1) is 14.6. The maximum absolute atomic E-state index is 13.9. The van der Waals surface area contributed by atoms with Crippen LogP contribution in [0.5, 0.6) is 0 Å². The number of benzene rings is 1. The van der Waals surface area contributed by atoms with E-state index in [9.17, 15) is 13.6 Å². The molecule has 0 amide bonds. The predicted octanol–water partition coefficient (Wildman–Crippen LogP) is 3.42. The fourth-order valence-electron chi connectivity index (χ4n) is 2.32. The lowest BCUT2D eigenvalue weighted by molar-refractivity contribution is 0.543. The molecule has 0 aliphatic carbocycles. The number of hydrogen-bond acceptors (Lipinski definition) is 2. The second kappa shape index (κ2) is 5.66. The lowest BCUT2D eigenvalue weighted by Crippen LogP contribution is -2.20. The van der Waals surface area contributed by atoms with Crippen LogP contribution in [0, 0.1) is 16.4 Å². The number of nitrogens with one attached hydrogen (secondary N) is 2. The molecule has 0 radical (unpaired) electrons. The van der Waals surface area contributed by atoms with E-state index in [0.717, 1.165) is 0 Å². The number of hydrogen-bond donors (Lipinski definition) is 2. The Labute approximate surface area is 119 Å². The van der Waals surface area contributed by atoms with Crippen molar-refractivity contribution in [3.8, 4) is 0 Å². The number of halogens is 2. The Balaban J connectivity index is 2.68. The Morgan fingerprint density at radius 2 is 1.85 bits per heavy atom. The SMILES string of the molecule is CCc1c(C(C)c2c(F)cccc2F)[nH]c(=S)[nH]c1=O. The third-order valence-electron chi connectivity index (χ3n) is 3.29. The molecule has 0 saturated carbocycles. The molecule has 6 heteroatoms. The van der Waals surface area contributed by atoms with Crippen molar-refractivity contribution < 1.29 is 8.78 Å². The third kappa shape index (κ3) is 2.56. The average Bonchev–Trinajstić information content (AvgIpc) is 2.37. The molecule has 2 N–H and O–H groups in total. The van der Waals surface area contributed by atoms with Gasteiger partial charge in [-0.3, -0.25) is 9.78 Å². The summed E-state index contributed by atoms with van der Waals surface area (Å²) in [5.74, 6) is -1.91. The molecule has 20 heavy (non-hydrogen) atoms. The first-order chi connectivity index (χ1) is 9.45. The minimum atomic E-state index is -0.640. The molecular weight excluding hydrogens is 282 g/mol. The van der Waals surface area contributed by atoms with Crippen LogP contribution < -0.4 is 5.56 Å². The zero-order valence-corrected chi connectivity index (χ0v) is 11.9. The van der Waals surface area contributed by atoms with Crippen molar-refractivity contribution in [1.29, 1.82) is 0 Å². The topological polar surface area (TPSA) is 48.6 Å². The van der Waals surface area contributed by atoms with Crippen LogP contribution in [-0.4, -0.2) is 9.97 Å². The summed E-state index contributed by atoms with van der Waals surface area (Å²) in [6.45, 7) is 3.44. The highest BCUT2D eigenvalue weighted by molar-refractivity contribution is 7.71. The maximum atomic E-state index is 13.9. The highest BCUT2D eigenvalue weighted by Gasteiger charge is 2.21. The molecule has 1 heterocycles. The number of H-pyrrole nitrogens is 2. The van der Waals surface area contributed by atoms with Crippen molar-refractivity contribution in [2.75, 3.05) is 0 Å². The molecule has 3 nitrogen and oxygen atoms in total. The first-order valence-electron chi connectivity index (χ1n) is 6.25. The second-order valence-corrected chi connectivity index (χ2v) is 4.92. The Morgan fingerprint density at radius 3 is 2.40 bits per heavy atom. The van der Waals surface area contributed by atoms with Gasteiger partial charge in [0.05, 0.1) is 0 Å². The van der Waals surface area contributed by atoms with E-state index >= 15 is 0 Å². The Hall–Kier alpha value is -1.82. The monoisotopic (exact) mass is 296 g/mol. The fraction of sp³-hybridized carbons (Fsp3) is 0.286. The standard InChI is InChI=1S/C14H14F2N2OS/c1-3-8-12(17-14(20)18-13(8)19)7(2)11-9(15)5-4-6-10(11)16/h4-7H,3H2,1-2H3,(H2,17,18,19,20). The van der Waals surface area contributed by atoms with Gasteiger partial charge in [-0.1, -0.05) is 19.9 Å². The number of rotatable bonds is 3. The summed E-state index contributed by atoms with van der Waals surface area (Å²) in [4.78, 5) is 17.2. The highest BCUT2D eigenvalue weighted by atomic mass is 32.1. The van der Waals surface area contributed by atoms with E-state index in [1.54, 1.807) is 13.8 Å². The quantitative estimate of drug-likeness (QED) is 0.853. The van der Waals surface area contributed by atoms with Crippen LogP contribution in [0.3, 0.4) is 0 Å². The van der Waals surface area contributed by atoms with Crippen molar-refractivity contribution in [1.82, 2.24) is 9.97 Å². The molecule has 1 atom stereocenters. The number of aromatic nitrogens is 2. The minimum Gasteiger partial charge on any atom is -0.335 e. The molecular formula is C14H14F2N2OS. The first-order valence-corrected chi connectivity index (χ1v) is 6.65. The average molecular weight is 296 g/mol. The van der Waals surface area contributed by atoms with Crippen molar-refractivity contribution >= 4 is 12.2 Å². The number of aromatic amines is 2. The van der Waals surface area contributed by atoms with Crippen LogP contribution in [0.25, 0.3) is 0 Å². The van der Waals surface area contributed by atoms with Gasteiger partial charge in [0.15, 0.2) is 4.77 Å². The molecule has 0 bridgehead atoms. The maximum Gasteiger partial charge on any atom is 0.255 e. The molecule has 0 aliphatic rings. The van der Waals surface area contributed by atoms with E-state index in [1.807, 2.05) is 0 Å². The van der Waals surface area contributed by atoms with E-state index < -0.39 is 17.6 Å². The van der Waals surface area contributed by atoms with E-state index in [-0.39, 0.29) is 15.9 Å². The molecule has 106 valence electrons. The Kier molecular flexibility index (Phi) is 4.13. The van der Waals surface area contributed by atoms with Crippen LogP contribution >= 0.6 is 12.2 Å². The zero-order valence-electron chi connectivity index (χ0n) is 11.1. The second-order valence-electron chi connectivity index (χ2n) is 4.51. The van der Waals surface area contributed by atoms with Crippen LogP contribution in [-0.2, 0) is 6.42 Å². The van der Waals surface area contributed by atoms with Gasteiger partial charge in [0.25, 0.3) is 5.56 Å². The van der Waals surface area contributed by atoms with Crippen molar-refractivity contribution in [2.45, 2.75) is 26.2 Å². The third-order valence-corrected chi connectivity index (χ3v) is 3.50. The van der Waals surface area contributed by atoms with Gasteiger partial charge in [0, 0.05) is 22.7 Å². The van der Waals surface area contributed by atoms with E-state index in [4.69, 9.17) is 12.2 Å². The van der Waals surface area contributed by atoms with Crippen molar-refractivity contribution in [3.05, 3.63) is 61.8 Å². The minimum absolute atomic E-state index is 0.0709. The van der Waals surface area contributed by atoms with Crippen LogP contribution in [0.1, 0.15) is 36.6 Å². The summed E-state index contributed by atoms with van der Waals surface area (Å²) in [5, 5.41) is 0. The Bertz CT molecular complexity index is 731. The van der Waals surface area contributed by atoms with Gasteiger partial charge in [0.1, 0.15) is 11.6 Å². The van der Waals surface area contributed by atoms with Crippen molar-refractivity contribution in [3.63, 3.8) is 0 Å². The molecule has 0 aliphatic heterocycles. The molecule has 0 fully saturated rings. The van der Waals surface area contributed by atoms with Crippen LogP contribution in [0.15, 0.2) is 23.0 Å². The van der Waals surface area contributed by atoms with Gasteiger partial charge in [-0.15, -0.1) is 0 Å². The molecule has 1 aromatic heterocycles. The van der Waals surface area contributed by atoms with Gasteiger partial charge >= 0.3 is 0 Å². The summed E-state index contributed by atoms with van der Waals surface area (Å²) in [5.41, 5.74) is 0.507. The van der Waals surface area contributed by atoms with Gasteiger partial charge in [0.2, 0.25) is 0 Å². The smallest absolute Gasteiger partial charge is 0.255 e. The molecule has 0 saturated heterocycles. The Morgan fingerprint density at radius 1 is 1.25 bits per heavy atom. The fourth-order valence-corrected chi connectivity index (χ4v) is 2.52. The zero-order chi connectivity index (χ0) is 14.9. The van der Waals surface area contributed by atoms with Gasteiger partial charge < -0.3 is 4.98 Å². The van der Waals surface area contributed by atoms with E-state index in [2.05, 4.69) is 9.97 Å². The van der Waals surface area contributed by atoms with Crippen LogP contribution in [0.4, 0.5) is 8.78 Å². The molecule has 0 spiro atoms. The predicted molar refractivity (Wildman–Crippen MR) is 75.5 cm³/mol. The van der Waals surface area contributed by atoms with E-state index in [0.29, 0.717) is 17.7 Å². The summed E-state index contributed by atoms with van der Waals surface area (Å²) < 4.78 is 27.9. The summed E-state index contributed by atoms with van der Waals surface area (Å²) in [7, 11) is 0. The molecule has 2 rings (SSSR count). The van der Waals surface area contributed by atoms with Gasteiger partial charge in [-0.25, -0.2) is 8.78 Å². The largest absolute Gasteiger partial charge is 0.335 e. The summed E-state index contributed by atoms with van der Waals surface area (Å²) >= 11 is 4.93. The lowest BCUT2D eigenvalue weighted by Gasteiger charge is -2.16. The van der Waals surface area contributed by atoms with Gasteiger partial charge in [-0.2, -0.15) is 0 Å². The lowest BCUT2D eigenvalue weighted by atomic mass is 9.93. The normalized spacial score (nSPS) is 12.4. The van der Waals surface area contributed by atoms with Gasteiger partial charge in [-0.05, 0) is 30.8 Å². The summed E-state index contributed by atoms with van der Waals surface area (Å²) in [6.07, 6.45) is 0.442. The summed E-state index contributed by atoms with van der Waals surface area (Å²) in [6, 6.07) is 3.70. The van der Waals surface area contributed by atoms with E-state index in [1.165, 1.54) is 18.2 Å². The van der Waals surface area contributed by atoms with Crippen LogP contribution in [0.2, 0.25) is 0 Å². The van der Waals surface area contributed by atoms with Crippen molar-refractivity contribution in [2.24, 2.45) is 0 Å².